The molecular weight excluding hydrogens is 361 g/mol. The fraction of sp³-hybridized carbons (Fsp3) is 0.944. The van der Waals surface area contributed by atoms with Crippen molar-refractivity contribution in [3.63, 3.8) is 0 Å². The van der Waals surface area contributed by atoms with E-state index in [1.165, 1.54) is 65.2 Å². The third-order valence-electron chi connectivity index (χ3n) is 4.11. The zero-order chi connectivity index (χ0) is 15.9. The van der Waals surface area contributed by atoms with Gasteiger partial charge in [-0.3, -0.25) is 0 Å². The SMILES string of the molecule is CC.CC.CNCCN1CCC(CN2CCNCC2)CC1.[CH3-].[Y]. The van der Waals surface area contributed by atoms with Crippen molar-refractivity contribution in [3.05, 3.63) is 7.43 Å². The number of rotatable bonds is 5. The smallest absolute Gasteiger partial charge is 0.0107 e. The van der Waals surface area contributed by atoms with E-state index >= 15 is 0 Å². The molecule has 0 unspecified atom stereocenters. The predicted octanol–water partition coefficient (Wildman–Crippen LogP) is 2.32. The average Bonchev–Trinajstić information content (AvgIpc) is 2.59. The summed E-state index contributed by atoms with van der Waals surface area (Å²) in [5, 5.41) is 6.66. The van der Waals surface area contributed by atoms with Crippen LogP contribution in [0.25, 0.3) is 0 Å². The third kappa shape index (κ3) is 13.9. The molecule has 0 aliphatic carbocycles. The van der Waals surface area contributed by atoms with Crippen LogP contribution in [0, 0.1) is 13.3 Å². The van der Waals surface area contributed by atoms with Gasteiger partial charge in [0.15, 0.2) is 0 Å². The normalized spacial score (nSPS) is 19.2. The molecule has 0 aromatic carbocycles. The zero-order valence-corrected chi connectivity index (χ0v) is 19.7. The largest absolute Gasteiger partial charge is 0.358 e. The van der Waals surface area contributed by atoms with Crippen molar-refractivity contribution in [2.45, 2.75) is 40.5 Å². The molecule has 2 rings (SSSR count). The summed E-state index contributed by atoms with van der Waals surface area (Å²) in [5.74, 6) is 0.943. The number of hydrogen-bond acceptors (Lipinski definition) is 4. The topological polar surface area (TPSA) is 30.5 Å². The number of nitrogens with one attached hydrogen (secondary N) is 2. The van der Waals surface area contributed by atoms with Crippen molar-refractivity contribution in [2.75, 3.05) is 66.0 Å². The van der Waals surface area contributed by atoms with E-state index in [0.29, 0.717) is 0 Å². The van der Waals surface area contributed by atoms with Crippen LogP contribution < -0.4 is 10.6 Å². The minimum absolute atomic E-state index is 0. The fourth-order valence-electron chi connectivity index (χ4n) is 2.92. The van der Waals surface area contributed by atoms with Gasteiger partial charge in [-0.05, 0) is 38.9 Å². The first kappa shape index (κ1) is 28.7. The maximum Gasteiger partial charge on any atom is 0.0107 e. The van der Waals surface area contributed by atoms with Crippen LogP contribution in [-0.2, 0) is 32.7 Å². The molecule has 2 saturated heterocycles. The first-order valence-corrected chi connectivity index (χ1v) is 9.18. The van der Waals surface area contributed by atoms with Gasteiger partial charge in [0, 0.05) is 78.5 Å². The summed E-state index contributed by atoms with van der Waals surface area (Å²) in [5.41, 5.74) is 0. The van der Waals surface area contributed by atoms with Crippen LogP contribution in [0.2, 0.25) is 0 Å². The van der Waals surface area contributed by atoms with Crippen LogP contribution in [0.15, 0.2) is 0 Å². The number of piperidine rings is 1. The van der Waals surface area contributed by atoms with Gasteiger partial charge in [0.1, 0.15) is 0 Å². The molecule has 5 heteroatoms. The van der Waals surface area contributed by atoms with Crippen molar-refractivity contribution >= 4 is 0 Å². The van der Waals surface area contributed by atoms with E-state index in [2.05, 4.69) is 20.4 Å². The molecule has 2 aliphatic rings. The van der Waals surface area contributed by atoms with E-state index in [4.69, 9.17) is 0 Å². The zero-order valence-electron chi connectivity index (χ0n) is 16.8. The van der Waals surface area contributed by atoms with Crippen LogP contribution >= 0.6 is 0 Å². The van der Waals surface area contributed by atoms with E-state index < -0.39 is 0 Å². The second kappa shape index (κ2) is 21.0. The quantitative estimate of drug-likeness (QED) is 0.689. The fourth-order valence-corrected chi connectivity index (χ4v) is 2.92. The molecule has 139 valence electrons. The van der Waals surface area contributed by atoms with Crippen LogP contribution in [0.3, 0.4) is 0 Å². The van der Waals surface area contributed by atoms with Gasteiger partial charge in [-0.25, -0.2) is 0 Å². The van der Waals surface area contributed by atoms with E-state index in [9.17, 15) is 0 Å². The summed E-state index contributed by atoms with van der Waals surface area (Å²) in [6, 6.07) is 0. The van der Waals surface area contributed by atoms with Crippen molar-refractivity contribution in [1.29, 1.82) is 0 Å². The van der Waals surface area contributed by atoms with Gasteiger partial charge in [-0.2, -0.15) is 0 Å². The average molecular weight is 404 g/mol. The Hall–Kier alpha value is 0.944. The number of piperazine rings is 1. The Labute approximate surface area is 172 Å². The Morgan fingerprint density at radius 1 is 0.913 bits per heavy atom. The number of likely N-dealkylation sites (tertiary alicyclic amines) is 1. The van der Waals surface area contributed by atoms with Gasteiger partial charge >= 0.3 is 0 Å². The molecule has 0 spiro atoms. The molecule has 0 amide bonds. The Kier molecular flexibility index (Phi) is 26.2. The molecule has 4 nitrogen and oxygen atoms in total. The van der Waals surface area contributed by atoms with Gasteiger partial charge in [0.05, 0.1) is 0 Å². The molecule has 2 heterocycles. The third-order valence-corrected chi connectivity index (χ3v) is 4.11. The molecule has 0 saturated carbocycles. The van der Waals surface area contributed by atoms with Crippen molar-refractivity contribution in [1.82, 2.24) is 20.4 Å². The van der Waals surface area contributed by atoms with Gasteiger partial charge in [-0.15, -0.1) is 0 Å². The maximum absolute atomic E-state index is 3.43. The molecule has 0 aromatic rings. The van der Waals surface area contributed by atoms with Gasteiger partial charge in [-0.1, -0.05) is 27.7 Å². The first-order valence-electron chi connectivity index (χ1n) is 9.18. The molecule has 1 radical (unpaired) electrons. The summed E-state index contributed by atoms with van der Waals surface area (Å²) in [6.07, 6.45) is 2.79. The van der Waals surface area contributed by atoms with E-state index in [1.54, 1.807) is 0 Å². The van der Waals surface area contributed by atoms with Gasteiger partial charge in [0.25, 0.3) is 0 Å². The summed E-state index contributed by atoms with van der Waals surface area (Å²) < 4.78 is 0. The van der Waals surface area contributed by atoms with E-state index in [1.807, 2.05) is 34.7 Å². The second-order valence-electron chi connectivity index (χ2n) is 5.44. The first-order chi connectivity index (χ1) is 10.4. The van der Waals surface area contributed by atoms with E-state index in [-0.39, 0.29) is 40.1 Å². The molecule has 2 fully saturated rings. The molecule has 0 atom stereocenters. The molecule has 2 aliphatic heterocycles. The van der Waals surface area contributed by atoms with Crippen LogP contribution in [0.1, 0.15) is 40.5 Å². The summed E-state index contributed by atoms with van der Waals surface area (Å²) >= 11 is 0. The van der Waals surface area contributed by atoms with Crippen LogP contribution in [-0.4, -0.2) is 75.8 Å². The van der Waals surface area contributed by atoms with Crippen LogP contribution in [0.5, 0.6) is 0 Å². The Morgan fingerprint density at radius 2 is 1.43 bits per heavy atom. The van der Waals surface area contributed by atoms with Crippen molar-refractivity contribution < 1.29 is 32.7 Å². The standard InChI is InChI=1S/C13H28N4.2C2H6.CH3.Y/c1-14-4-9-16-7-2-13(3-8-16)12-17-10-5-15-6-11-17;2*1-2;;/h13-15H,2-12H2,1H3;2*1-2H3;1H3;/q;;;-1;. The minimum Gasteiger partial charge on any atom is -0.358 e. The minimum atomic E-state index is 0. The summed E-state index contributed by atoms with van der Waals surface area (Å²) in [4.78, 5) is 5.25. The van der Waals surface area contributed by atoms with Crippen molar-refractivity contribution in [3.8, 4) is 0 Å². The number of likely N-dealkylation sites (N-methyl/N-ethyl adjacent to an activating group) is 1. The molecule has 23 heavy (non-hydrogen) atoms. The number of hydrogen-bond donors (Lipinski definition) is 2. The number of nitrogens with zero attached hydrogens (tertiary/aromatic N) is 2. The van der Waals surface area contributed by atoms with E-state index in [0.717, 1.165) is 12.5 Å². The van der Waals surface area contributed by atoms with Crippen LogP contribution in [0.4, 0.5) is 0 Å². The Bertz CT molecular complexity index is 203. The summed E-state index contributed by atoms with van der Waals surface area (Å²) in [7, 11) is 2.04. The predicted molar refractivity (Wildman–Crippen MR) is 102 cm³/mol. The molecule has 0 aromatic heterocycles. The Morgan fingerprint density at radius 3 is 1.91 bits per heavy atom. The second-order valence-corrected chi connectivity index (χ2v) is 5.44. The monoisotopic (exact) mass is 404 g/mol. The summed E-state index contributed by atoms with van der Waals surface area (Å²) in [6.45, 7) is 19.2. The van der Waals surface area contributed by atoms with Gasteiger partial charge < -0.3 is 27.9 Å². The van der Waals surface area contributed by atoms with Gasteiger partial charge in [0.2, 0.25) is 0 Å². The maximum atomic E-state index is 3.43. The molecule has 2 N–H and O–H groups in total. The van der Waals surface area contributed by atoms with Crippen molar-refractivity contribution in [2.24, 2.45) is 5.92 Å². The molecular formula is C18H43N4Y-. The molecule has 0 bridgehead atoms. The Balaban J connectivity index is -0.000000619.